The predicted molar refractivity (Wildman–Crippen MR) is 10.7 cm³/mol. The van der Waals surface area contributed by atoms with Crippen molar-refractivity contribution in [1.29, 1.82) is 0 Å². The zero-order valence-electron chi connectivity index (χ0n) is 4.02. The van der Waals surface area contributed by atoms with E-state index >= 15 is 0 Å². The van der Waals surface area contributed by atoms with Crippen LogP contribution in [0.25, 0.3) is 0 Å². The maximum absolute atomic E-state index is 0. The van der Waals surface area contributed by atoms with Gasteiger partial charge in [0, 0.05) is 0 Å². The Kier molecular flexibility index (Phi) is 402. The predicted octanol–water partition coefficient (Wildman–Crippen LogP) is -7.44. The molecule has 0 unspecified atom stereocenters. The van der Waals surface area contributed by atoms with E-state index in [-0.39, 0.29) is 120 Å². The molecule has 24 valence electrons. The Hall–Kier alpha value is 3.28. The van der Waals surface area contributed by atoms with Gasteiger partial charge in [-0.05, 0) is 0 Å². The molecule has 0 heterocycles. The van der Waals surface area contributed by atoms with E-state index in [2.05, 4.69) is 0 Å². The molecule has 0 saturated heterocycles. The molecule has 6 heteroatoms. The molecule has 0 radical (unpaired) electrons. The second-order valence-electron chi connectivity index (χ2n) is 0. The molecular formula is H2KMgNaO3. The summed E-state index contributed by atoms with van der Waals surface area (Å²) >= 11 is 0. The van der Waals surface area contributed by atoms with Crippen molar-refractivity contribution in [2.75, 3.05) is 0 Å². The van der Waals surface area contributed by atoms with Gasteiger partial charge in [-0.3, -0.25) is 0 Å². The van der Waals surface area contributed by atoms with E-state index in [9.17, 15) is 0 Å². The van der Waals surface area contributed by atoms with Gasteiger partial charge < -0.3 is 16.4 Å². The molecule has 0 aliphatic heterocycles. The normalized spacial score (nSPS) is 0. The summed E-state index contributed by atoms with van der Waals surface area (Å²) in [6.45, 7) is 0. The van der Waals surface area contributed by atoms with Crippen molar-refractivity contribution >= 4 is 23.1 Å². The molecular weight excluding hydrogens is 134 g/mol. The quantitative estimate of drug-likeness (QED) is 0.296. The summed E-state index contributed by atoms with van der Waals surface area (Å²) in [5.74, 6) is 0. The molecule has 0 amide bonds. The molecule has 0 saturated carbocycles. The Morgan fingerprint density at radius 3 is 0.833 bits per heavy atom. The molecule has 3 nitrogen and oxygen atoms in total. The minimum atomic E-state index is 0. The van der Waals surface area contributed by atoms with Gasteiger partial charge in [-0.15, -0.1) is 0 Å². The average Bonchev–Trinajstić information content (AvgIpc) is 0. The van der Waals surface area contributed by atoms with Crippen LogP contribution in [0.5, 0.6) is 0 Å². The molecule has 0 aromatic carbocycles. The van der Waals surface area contributed by atoms with Crippen molar-refractivity contribution in [3.05, 3.63) is 0 Å². The van der Waals surface area contributed by atoms with Crippen LogP contribution in [0.3, 0.4) is 0 Å². The fourth-order valence-electron chi connectivity index (χ4n) is 0. The molecule has 0 aromatic heterocycles. The molecule has 0 rings (SSSR count). The van der Waals surface area contributed by atoms with Gasteiger partial charge in [-0.2, -0.15) is 0 Å². The SMILES string of the molecule is O.[K+].[Mg+2].[Na+].[O-2].[O-2]. The Bertz CT molecular complexity index is 10.8. The summed E-state index contributed by atoms with van der Waals surface area (Å²) in [5.41, 5.74) is 0. The third-order valence-corrected chi connectivity index (χ3v) is 0. The summed E-state index contributed by atoms with van der Waals surface area (Å²) in [6.07, 6.45) is 0. The van der Waals surface area contributed by atoms with Crippen LogP contribution in [0, 0.1) is 0 Å². The van der Waals surface area contributed by atoms with Gasteiger partial charge >= 0.3 is 104 Å². The van der Waals surface area contributed by atoms with Crippen molar-refractivity contribution in [1.82, 2.24) is 0 Å². The third-order valence-electron chi connectivity index (χ3n) is 0. The van der Waals surface area contributed by atoms with Crippen LogP contribution in [0.4, 0.5) is 0 Å². The zero-order chi connectivity index (χ0) is 0. The van der Waals surface area contributed by atoms with E-state index in [4.69, 9.17) is 0 Å². The van der Waals surface area contributed by atoms with Gasteiger partial charge in [-0.1, -0.05) is 0 Å². The van der Waals surface area contributed by atoms with E-state index < -0.39 is 0 Å². The van der Waals surface area contributed by atoms with Gasteiger partial charge in [0.1, 0.15) is 0 Å². The molecule has 6 heavy (non-hydrogen) atoms. The summed E-state index contributed by atoms with van der Waals surface area (Å²) in [5, 5.41) is 0. The van der Waals surface area contributed by atoms with E-state index in [0.717, 1.165) is 0 Å². The molecule has 0 aliphatic rings. The van der Waals surface area contributed by atoms with Crippen LogP contribution >= 0.6 is 0 Å². The summed E-state index contributed by atoms with van der Waals surface area (Å²) in [4.78, 5) is 0. The molecule has 0 aliphatic carbocycles. The molecule has 0 atom stereocenters. The van der Waals surface area contributed by atoms with Crippen molar-refractivity contribution < 1.29 is 97.4 Å². The van der Waals surface area contributed by atoms with Crippen LogP contribution in [0.2, 0.25) is 0 Å². The summed E-state index contributed by atoms with van der Waals surface area (Å²) < 4.78 is 0. The van der Waals surface area contributed by atoms with E-state index in [1.54, 1.807) is 0 Å². The molecule has 0 fully saturated rings. The average molecular weight is 136 g/mol. The molecule has 2 N–H and O–H groups in total. The smallest absolute Gasteiger partial charge is 2.00 e. The van der Waals surface area contributed by atoms with Crippen LogP contribution in [-0.4, -0.2) is 28.5 Å². The van der Waals surface area contributed by atoms with Gasteiger partial charge in [0.15, 0.2) is 0 Å². The van der Waals surface area contributed by atoms with Crippen LogP contribution < -0.4 is 80.9 Å². The van der Waals surface area contributed by atoms with Crippen LogP contribution in [0.1, 0.15) is 0 Å². The van der Waals surface area contributed by atoms with Gasteiger partial charge in [0.2, 0.25) is 0 Å². The topological polar surface area (TPSA) is 88.5 Å². The van der Waals surface area contributed by atoms with Gasteiger partial charge in [-0.25, -0.2) is 0 Å². The minimum Gasteiger partial charge on any atom is -2.00 e. The van der Waals surface area contributed by atoms with E-state index in [1.807, 2.05) is 0 Å². The first-order valence-corrected chi connectivity index (χ1v) is 0. The summed E-state index contributed by atoms with van der Waals surface area (Å²) in [7, 11) is 0. The zero-order valence-corrected chi connectivity index (χ0v) is 10.6. The minimum absolute atomic E-state index is 0. The number of rotatable bonds is 0. The third kappa shape index (κ3) is 26.7. The van der Waals surface area contributed by atoms with Crippen molar-refractivity contribution in [3.63, 3.8) is 0 Å². The monoisotopic (exact) mass is 136 g/mol. The van der Waals surface area contributed by atoms with Crippen LogP contribution in [0.15, 0.2) is 0 Å². The number of hydrogen-bond acceptors (Lipinski definition) is 0. The van der Waals surface area contributed by atoms with Crippen molar-refractivity contribution in [2.45, 2.75) is 0 Å². The van der Waals surface area contributed by atoms with E-state index in [1.165, 1.54) is 0 Å². The largest absolute Gasteiger partial charge is 2.00 e. The molecule has 0 spiro atoms. The molecule has 0 aromatic rings. The molecule has 0 bridgehead atoms. The maximum Gasteiger partial charge on any atom is 2.00 e. The Morgan fingerprint density at radius 1 is 0.833 bits per heavy atom. The van der Waals surface area contributed by atoms with Gasteiger partial charge in [0.25, 0.3) is 0 Å². The summed E-state index contributed by atoms with van der Waals surface area (Å²) in [6, 6.07) is 0. The first-order chi connectivity index (χ1) is 0. The fraction of sp³-hybridized carbons (Fsp3) is 0. The number of hydrogen-bond donors (Lipinski definition) is 0. The second-order valence-corrected chi connectivity index (χ2v) is 0. The maximum atomic E-state index is 0. The Labute approximate surface area is 117 Å². The Morgan fingerprint density at radius 2 is 0.833 bits per heavy atom. The van der Waals surface area contributed by atoms with Gasteiger partial charge in [0.05, 0.1) is 0 Å². The Balaban J connectivity index is 0. The van der Waals surface area contributed by atoms with E-state index in [0.29, 0.717) is 0 Å². The van der Waals surface area contributed by atoms with Crippen molar-refractivity contribution in [2.24, 2.45) is 0 Å². The second kappa shape index (κ2) is 40.8. The van der Waals surface area contributed by atoms with Crippen LogP contribution in [-0.2, 0) is 11.0 Å². The fourth-order valence-corrected chi connectivity index (χ4v) is 0. The standard InChI is InChI=1S/K.Mg.Na.H2O.2O/h;;;1H2;;/q+1;+2;+1;;2*-2. The first-order valence-electron chi connectivity index (χ1n) is 0. The van der Waals surface area contributed by atoms with Crippen molar-refractivity contribution in [3.8, 4) is 0 Å². The first kappa shape index (κ1) is 59.1.